The quantitative estimate of drug-likeness (QED) is 0.789. The van der Waals surface area contributed by atoms with Crippen LogP contribution in [0.1, 0.15) is 31.9 Å². The molecule has 0 fully saturated rings. The van der Waals surface area contributed by atoms with Crippen molar-refractivity contribution in [3.8, 4) is 5.75 Å². The first-order valence-corrected chi connectivity index (χ1v) is 6.53. The van der Waals surface area contributed by atoms with Crippen LogP contribution in [0, 0.1) is 5.92 Å². The molecule has 0 radical (unpaired) electrons. The molecule has 1 unspecified atom stereocenters. The molecule has 0 aromatic heterocycles. The van der Waals surface area contributed by atoms with Gasteiger partial charge in [0.15, 0.2) is 0 Å². The Balaban J connectivity index is 2.95. The van der Waals surface area contributed by atoms with Gasteiger partial charge in [-0.2, -0.15) is 0 Å². The molecule has 0 aliphatic heterocycles. The van der Waals surface area contributed by atoms with Crippen LogP contribution in [0.3, 0.4) is 0 Å². The lowest BCUT2D eigenvalue weighted by molar-refractivity contribution is 0.335. The molecular weight excluding hydrogens is 230 g/mol. The van der Waals surface area contributed by atoms with Crippen molar-refractivity contribution in [3.05, 3.63) is 29.3 Å². The molecule has 94 valence electrons. The molecule has 0 spiro atoms. The summed E-state index contributed by atoms with van der Waals surface area (Å²) in [5.41, 5.74) is 8.19. The first kappa shape index (κ1) is 14.0. The molecule has 0 saturated carbocycles. The molecule has 0 aliphatic carbocycles. The average molecular weight is 251 g/mol. The summed E-state index contributed by atoms with van der Waals surface area (Å²) in [4.78, 5) is 0.564. The molecule has 0 bridgehead atoms. The molecule has 0 heterocycles. The molecule has 1 aromatic carbocycles. The minimum absolute atomic E-state index is 0.205. The monoisotopic (exact) mass is 251 g/mol. The molecule has 1 atom stereocenters. The standard InChI is InChI=1S/C14H21NOS/c1-4-11-6-7-13(16-5-2)12(9-11)8-10(3)14(15)17/h6-7,9-10H,4-5,8H2,1-3H3,(H2,15,17). The van der Waals surface area contributed by atoms with Crippen LogP contribution >= 0.6 is 12.2 Å². The van der Waals surface area contributed by atoms with Gasteiger partial charge < -0.3 is 10.5 Å². The molecule has 1 aromatic rings. The summed E-state index contributed by atoms with van der Waals surface area (Å²) in [6.07, 6.45) is 1.87. The van der Waals surface area contributed by atoms with E-state index < -0.39 is 0 Å². The molecule has 2 N–H and O–H groups in total. The second-order valence-electron chi connectivity index (χ2n) is 4.24. The average Bonchev–Trinajstić information content (AvgIpc) is 2.31. The predicted octanol–water partition coefficient (Wildman–Crippen LogP) is 3.11. The zero-order valence-electron chi connectivity index (χ0n) is 10.8. The van der Waals surface area contributed by atoms with Gasteiger partial charge >= 0.3 is 0 Å². The van der Waals surface area contributed by atoms with Gasteiger partial charge in [0, 0.05) is 5.92 Å². The molecule has 17 heavy (non-hydrogen) atoms. The Morgan fingerprint density at radius 3 is 2.65 bits per heavy atom. The van der Waals surface area contributed by atoms with Crippen LogP contribution in [0.25, 0.3) is 0 Å². The summed E-state index contributed by atoms with van der Waals surface area (Å²) in [7, 11) is 0. The van der Waals surface area contributed by atoms with E-state index >= 15 is 0 Å². The Morgan fingerprint density at radius 2 is 2.12 bits per heavy atom. The van der Waals surface area contributed by atoms with E-state index in [1.165, 1.54) is 11.1 Å². The largest absolute Gasteiger partial charge is 0.494 e. The van der Waals surface area contributed by atoms with E-state index in [9.17, 15) is 0 Å². The minimum atomic E-state index is 0.205. The van der Waals surface area contributed by atoms with Crippen LogP contribution < -0.4 is 10.5 Å². The van der Waals surface area contributed by atoms with Crippen molar-refractivity contribution in [1.82, 2.24) is 0 Å². The van der Waals surface area contributed by atoms with E-state index in [0.29, 0.717) is 11.6 Å². The number of ether oxygens (including phenoxy) is 1. The van der Waals surface area contributed by atoms with Gasteiger partial charge in [-0.1, -0.05) is 38.2 Å². The number of rotatable bonds is 6. The van der Waals surface area contributed by atoms with Crippen LogP contribution in [-0.2, 0) is 12.8 Å². The van der Waals surface area contributed by atoms with Gasteiger partial charge in [-0.25, -0.2) is 0 Å². The summed E-state index contributed by atoms with van der Waals surface area (Å²) in [5, 5.41) is 0. The van der Waals surface area contributed by atoms with Gasteiger partial charge in [0.25, 0.3) is 0 Å². The molecule has 0 aliphatic rings. The van der Waals surface area contributed by atoms with Crippen molar-refractivity contribution in [3.63, 3.8) is 0 Å². The summed E-state index contributed by atoms with van der Waals surface area (Å²) in [6, 6.07) is 6.35. The van der Waals surface area contributed by atoms with Crippen molar-refractivity contribution in [2.24, 2.45) is 11.7 Å². The fourth-order valence-corrected chi connectivity index (χ4v) is 1.82. The predicted molar refractivity (Wildman–Crippen MR) is 76.6 cm³/mol. The summed E-state index contributed by atoms with van der Waals surface area (Å²) in [6.45, 7) is 6.88. The lowest BCUT2D eigenvalue weighted by Gasteiger charge is -2.15. The highest BCUT2D eigenvalue weighted by Gasteiger charge is 2.11. The molecule has 1 rings (SSSR count). The van der Waals surface area contributed by atoms with Crippen molar-refractivity contribution in [2.75, 3.05) is 6.61 Å². The first-order chi connectivity index (χ1) is 8.08. The maximum absolute atomic E-state index is 5.67. The normalized spacial score (nSPS) is 12.2. The second kappa shape index (κ2) is 6.60. The highest BCUT2D eigenvalue weighted by atomic mass is 32.1. The Labute approximate surface area is 109 Å². The third-order valence-electron chi connectivity index (χ3n) is 2.84. The number of nitrogens with two attached hydrogens (primary N) is 1. The third kappa shape index (κ3) is 4.00. The summed E-state index contributed by atoms with van der Waals surface area (Å²) < 4.78 is 5.63. The lowest BCUT2D eigenvalue weighted by atomic mass is 9.98. The van der Waals surface area contributed by atoms with Crippen molar-refractivity contribution < 1.29 is 4.74 Å². The Morgan fingerprint density at radius 1 is 1.41 bits per heavy atom. The van der Waals surface area contributed by atoms with Gasteiger partial charge in [-0.15, -0.1) is 0 Å². The van der Waals surface area contributed by atoms with Crippen LogP contribution in [-0.4, -0.2) is 11.6 Å². The number of benzene rings is 1. The van der Waals surface area contributed by atoms with E-state index in [2.05, 4.69) is 26.0 Å². The van der Waals surface area contributed by atoms with Gasteiger partial charge in [0.05, 0.1) is 11.6 Å². The zero-order valence-corrected chi connectivity index (χ0v) is 11.6. The summed E-state index contributed by atoms with van der Waals surface area (Å²) in [5.74, 6) is 1.16. The van der Waals surface area contributed by atoms with E-state index in [1.807, 2.05) is 13.0 Å². The Hall–Kier alpha value is -1.09. The molecular formula is C14H21NOS. The maximum Gasteiger partial charge on any atom is 0.122 e. The van der Waals surface area contributed by atoms with E-state index in [4.69, 9.17) is 22.7 Å². The molecule has 0 amide bonds. The van der Waals surface area contributed by atoms with Gasteiger partial charge in [0.1, 0.15) is 5.75 Å². The van der Waals surface area contributed by atoms with E-state index in [-0.39, 0.29) is 5.92 Å². The summed E-state index contributed by atoms with van der Waals surface area (Å²) >= 11 is 5.02. The van der Waals surface area contributed by atoms with Gasteiger partial charge in [-0.3, -0.25) is 0 Å². The highest BCUT2D eigenvalue weighted by molar-refractivity contribution is 7.80. The van der Waals surface area contributed by atoms with Crippen molar-refractivity contribution >= 4 is 17.2 Å². The lowest BCUT2D eigenvalue weighted by Crippen LogP contribution is -2.20. The molecule has 2 nitrogen and oxygen atoms in total. The van der Waals surface area contributed by atoms with E-state index in [1.54, 1.807) is 0 Å². The number of hydrogen-bond acceptors (Lipinski definition) is 2. The Bertz CT molecular complexity index is 390. The fourth-order valence-electron chi connectivity index (χ4n) is 1.74. The van der Waals surface area contributed by atoms with Crippen molar-refractivity contribution in [2.45, 2.75) is 33.6 Å². The number of aryl methyl sites for hydroxylation is 1. The van der Waals surface area contributed by atoms with Crippen LogP contribution in [0.2, 0.25) is 0 Å². The fraction of sp³-hybridized carbons (Fsp3) is 0.500. The van der Waals surface area contributed by atoms with E-state index in [0.717, 1.165) is 18.6 Å². The minimum Gasteiger partial charge on any atom is -0.494 e. The van der Waals surface area contributed by atoms with Crippen LogP contribution in [0.4, 0.5) is 0 Å². The molecule has 0 saturated heterocycles. The van der Waals surface area contributed by atoms with Crippen LogP contribution in [0.5, 0.6) is 5.75 Å². The first-order valence-electron chi connectivity index (χ1n) is 6.12. The number of thiocarbonyl (C=S) groups is 1. The van der Waals surface area contributed by atoms with Crippen LogP contribution in [0.15, 0.2) is 18.2 Å². The van der Waals surface area contributed by atoms with Gasteiger partial charge in [-0.05, 0) is 37.0 Å². The van der Waals surface area contributed by atoms with Crippen molar-refractivity contribution in [1.29, 1.82) is 0 Å². The SMILES string of the molecule is CCOc1ccc(CC)cc1CC(C)C(N)=S. The number of hydrogen-bond donors (Lipinski definition) is 1. The van der Waals surface area contributed by atoms with Gasteiger partial charge in [0.2, 0.25) is 0 Å². The zero-order chi connectivity index (χ0) is 12.8. The Kier molecular flexibility index (Phi) is 5.42. The maximum atomic E-state index is 5.67. The molecule has 3 heteroatoms. The highest BCUT2D eigenvalue weighted by Crippen LogP contribution is 2.23. The topological polar surface area (TPSA) is 35.2 Å². The third-order valence-corrected chi connectivity index (χ3v) is 3.25. The smallest absolute Gasteiger partial charge is 0.122 e. The second-order valence-corrected chi connectivity index (χ2v) is 4.71.